The number of hydrogen-bond acceptors (Lipinski definition) is 5. The maximum absolute atomic E-state index is 14.5. The monoisotopic (exact) mass is 473 g/mol. The highest BCUT2D eigenvalue weighted by atomic mass is 19.4. The van der Waals surface area contributed by atoms with Crippen molar-refractivity contribution in [3.63, 3.8) is 0 Å². The first-order valence-electron chi connectivity index (χ1n) is 9.55. The van der Waals surface area contributed by atoms with Gasteiger partial charge in [0.15, 0.2) is 17.5 Å². The molecule has 1 amide bonds. The lowest BCUT2D eigenvalue weighted by molar-refractivity contribution is -0.138. The van der Waals surface area contributed by atoms with Crippen molar-refractivity contribution in [2.45, 2.75) is 26.1 Å². The third-order valence-corrected chi connectivity index (χ3v) is 4.65. The standard InChI is InChI=1S/C20H17F6N5O2/c1-3-30(11(2)10-33-18-15(22)8-12(9-27-18)20(24,25)26)19(32)13-4-5-14(21)16(23)17(13)31-28-6-7-29-31/h4-9,11H,3,10H2,1-2H3/t11-/m0/s1. The predicted molar refractivity (Wildman–Crippen MR) is 102 cm³/mol. The molecule has 13 heteroatoms. The van der Waals surface area contributed by atoms with Crippen molar-refractivity contribution in [2.24, 2.45) is 0 Å². The molecule has 2 aromatic heterocycles. The SMILES string of the molecule is CCN(C(=O)c1ccc(F)c(F)c1-n1nccn1)[C@@H](C)COc1ncc(C(F)(F)F)cc1F. The van der Waals surface area contributed by atoms with Crippen LogP contribution in [0.2, 0.25) is 0 Å². The van der Waals surface area contributed by atoms with Crippen LogP contribution in [-0.4, -0.2) is 50.0 Å². The van der Waals surface area contributed by atoms with Gasteiger partial charge in [-0.15, -0.1) is 4.80 Å². The predicted octanol–water partition coefficient (Wildman–Crippen LogP) is 4.03. The molecule has 3 aromatic rings. The number of nitrogens with zero attached hydrogens (tertiary/aromatic N) is 5. The van der Waals surface area contributed by atoms with Crippen LogP contribution in [0.5, 0.6) is 5.88 Å². The second kappa shape index (κ2) is 9.46. The first-order valence-corrected chi connectivity index (χ1v) is 9.55. The second-order valence-electron chi connectivity index (χ2n) is 6.84. The Balaban J connectivity index is 1.81. The molecule has 0 aliphatic carbocycles. The first-order chi connectivity index (χ1) is 15.5. The minimum atomic E-state index is -4.77. The number of aromatic nitrogens is 4. The van der Waals surface area contributed by atoms with Crippen molar-refractivity contribution in [3.8, 4) is 11.6 Å². The van der Waals surface area contributed by atoms with Gasteiger partial charge in [-0.3, -0.25) is 4.79 Å². The highest BCUT2D eigenvalue weighted by Gasteiger charge is 2.32. The van der Waals surface area contributed by atoms with Crippen LogP contribution in [0.25, 0.3) is 5.69 Å². The number of carbonyl (C=O) groups is 1. The lowest BCUT2D eigenvalue weighted by Gasteiger charge is -2.28. The Morgan fingerprint density at radius 1 is 1.15 bits per heavy atom. The zero-order valence-corrected chi connectivity index (χ0v) is 17.3. The molecule has 0 fully saturated rings. The van der Waals surface area contributed by atoms with Crippen LogP contribution in [-0.2, 0) is 6.18 Å². The van der Waals surface area contributed by atoms with E-state index in [1.165, 1.54) is 24.2 Å². The van der Waals surface area contributed by atoms with Gasteiger partial charge in [0.25, 0.3) is 5.91 Å². The zero-order chi connectivity index (χ0) is 24.3. The lowest BCUT2D eigenvalue weighted by atomic mass is 10.1. The Morgan fingerprint density at radius 2 is 1.82 bits per heavy atom. The van der Waals surface area contributed by atoms with Gasteiger partial charge in [-0.2, -0.15) is 23.4 Å². The smallest absolute Gasteiger partial charge is 0.417 e. The van der Waals surface area contributed by atoms with Gasteiger partial charge in [-0.1, -0.05) is 0 Å². The molecule has 0 spiro atoms. The van der Waals surface area contributed by atoms with Gasteiger partial charge in [0, 0.05) is 12.7 Å². The third kappa shape index (κ3) is 5.07. The van der Waals surface area contributed by atoms with Crippen LogP contribution < -0.4 is 4.74 Å². The van der Waals surface area contributed by atoms with E-state index in [2.05, 4.69) is 15.2 Å². The summed E-state index contributed by atoms with van der Waals surface area (Å²) in [6.07, 6.45) is -1.90. The van der Waals surface area contributed by atoms with Gasteiger partial charge in [0.2, 0.25) is 5.88 Å². The highest BCUT2D eigenvalue weighted by molar-refractivity contribution is 5.98. The van der Waals surface area contributed by atoms with Crippen LogP contribution in [0.3, 0.4) is 0 Å². The molecule has 1 aromatic carbocycles. The molecular weight excluding hydrogens is 456 g/mol. The lowest BCUT2D eigenvalue weighted by Crippen LogP contribution is -2.42. The van der Waals surface area contributed by atoms with Gasteiger partial charge >= 0.3 is 6.18 Å². The summed E-state index contributed by atoms with van der Waals surface area (Å²) in [5.41, 5.74) is -2.01. The van der Waals surface area contributed by atoms with E-state index in [1.54, 1.807) is 6.92 Å². The minimum absolute atomic E-state index is 0.0945. The van der Waals surface area contributed by atoms with E-state index in [-0.39, 0.29) is 24.8 Å². The molecule has 3 rings (SSSR count). The summed E-state index contributed by atoms with van der Waals surface area (Å²) < 4.78 is 85.4. The summed E-state index contributed by atoms with van der Waals surface area (Å²) in [5, 5.41) is 7.49. The Hall–Kier alpha value is -3.64. The number of pyridine rings is 1. The maximum atomic E-state index is 14.5. The van der Waals surface area contributed by atoms with Gasteiger partial charge in [0.05, 0.1) is 29.6 Å². The zero-order valence-electron chi connectivity index (χ0n) is 17.3. The van der Waals surface area contributed by atoms with Crippen molar-refractivity contribution in [3.05, 3.63) is 65.4 Å². The summed E-state index contributed by atoms with van der Waals surface area (Å²) in [5.74, 6) is -5.25. The molecule has 2 heterocycles. The van der Waals surface area contributed by atoms with Crippen molar-refractivity contribution in [2.75, 3.05) is 13.2 Å². The number of hydrogen-bond donors (Lipinski definition) is 0. The number of carbonyl (C=O) groups excluding carboxylic acids is 1. The molecule has 33 heavy (non-hydrogen) atoms. The van der Waals surface area contributed by atoms with E-state index in [0.717, 1.165) is 16.9 Å². The van der Waals surface area contributed by atoms with Crippen molar-refractivity contribution < 1.29 is 35.9 Å². The third-order valence-electron chi connectivity index (χ3n) is 4.65. The van der Waals surface area contributed by atoms with Crippen molar-refractivity contribution in [1.29, 1.82) is 0 Å². The molecular formula is C20H17F6N5O2. The Bertz CT molecular complexity index is 1140. The number of alkyl halides is 3. The molecule has 0 saturated heterocycles. The molecule has 0 bridgehead atoms. The van der Waals surface area contributed by atoms with Gasteiger partial charge in [-0.25, -0.2) is 18.2 Å². The van der Waals surface area contributed by atoms with Crippen molar-refractivity contribution >= 4 is 5.91 Å². The number of likely N-dealkylation sites (N-methyl/N-ethyl adjacent to an activating group) is 1. The summed E-state index contributed by atoms with van der Waals surface area (Å²) in [6.45, 7) is 2.89. The normalized spacial score (nSPS) is 12.5. The first kappa shape index (κ1) is 24.0. The summed E-state index contributed by atoms with van der Waals surface area (Å²) >= 11 is 0. The molecule has 0 aliphatic heterocycles. The maximum Gasteiger partial charge on any atom is 0.417 e. The van der Waals surface area contributed by atoms with Crippen LogP contribution in [0.4, 0.5) is 26.3 Å². The molecule has 0 saturated carbocycles. The van der Waals surface area contributed by atoms with Crippen LogP contribution in [0.15, 0.2) is 36.8 Å². The van der Waals surface area contributed by atoms with E-state index in [9.17, 15) is 31.1 Å². The highest BCUT2D eigenvalue weighted by Crippen LogP contribution is 2.30. The van der Waals surface area contributed by atoms with Gasteiger partial charge in [0.1, 0.15) is 12.3 Å². The van der Waals surface area contributed by atoms with Crippen LogP contribution in [0.1, 0.15) is 29.8 Å². The van der Waals surface area contributed by atoms with E-state index in [4.69, 9.17) is 4.74 Å². The number of rotatable bonds is 7. The molecule has 0 N–H and O–H groups in total. The van der Waals surface area contributed by atoms with Gasteiger partial charge < -0.3 is 9.64 Å². The number of halogens is 6. The largest absolute Gasteiger partial charge is 0.473 e. The Kier molecular flexibility index (Phi) is 6.89. The summed E-state index contributed by atoms with van der Waals surface area (Å²) in [6, 6.07) is 1.36. The number of benzene rings is 1. The fourth-order valence-corrected chi connectivity index (χ4v) is 3.03. The van der Waals surface area contributed by atoms with E-state index in [0.29, 0.717) is 6.20 Å². The molecule has 0 aliphatic rings. The second-order valence-corrected chi connectivity index (χ2v) is 6.84. The van der Waals surface area contributed by atoms with E-state index >= 15 is 0 Å². The molecule has 7 nitrogen and oxygen atoms in total. The molecule has 0 radical (unpaired) electrons. The topological polar surface area (TPSA) is 73.1 Å². The van der Waals surface area contributed by atoms with Crippen LogP contribution >= 0.6 is 0 Å². The quantitative estimate of drug-likeness (QED) is 0.485. The Morgan fingerprint density at radius 3 is 2.39 bits per heavy atom. The number of amides is 1. The molecule has 176 valence electrons. The van der Waals surface area contributed by atoms with Crippen LogP contribution in [0, 0.1) is 17.5 Å². The summed E-state index contributed by atoms with van der Waals surface area (Å²) in [4.78, 5) is 18.5. The van der Waals surface area contributed by atoms with Gasteiger partial charge in [-0.05, 0) is 32.0 Å². The molecule has 0 unspecified atom stereocenters. The molecule has 1 atom stereocenters. The minimum Gasteiger partial charge on any atom is -0.473 e. The fourth-order valence-electron chi connectivity index (χ4n) is 3.03. The Labute approximate surface area is 183 Å². The van der Waals surface area contributed by atoms with Crippen molar-refractivity contribution in [1.82, 2.24) is 24.9 Å². The number of ether oxygens (including phenoxy) is 1. The van der Waals surface area contributed by atoms with E-state index < -0.39 is 52.7 Å². The average molecular weight is 473 g/mol. The average Bonchev–Trinajstić information content (AvgIpc) is 3.28. The van der Waals surface area contributed by atoms with E-state index in [1.807, 2.05) is 0 Å². The fraction of sp³-hybridized carbons (Fsp3) is 0.300. The summed E-state index contributed by atoms with van der Waals surface area (Å²) in [7, 11) is 0.